The van der Waals surface area contributed by atoms with Crippen molar-refractivity contribution in [3.05, 3.63) is 47.6 Å². The third-order valence-corrected chi connectivity index (χ3v) is 4.77. The number of amides is 1. The quantitative estimate of drug-likeness (QED) is 0.729. The van der Waals surface area contributed by atoms with Crippen LogP contribution in [0.3, 0.4) is 0 Å². The minimum atomic E-state index is -0.497. The van der Waals surface area contributed by atoms with Crippen molar-refractivity contribution in [2.24, 2.45) is 4.99 Å². The first-order valence-corrected chi connectivity index (χ1v) is 10.1. The van der Waals surface area contributed by atoms with Crippen molar-refractivity contribution >= 4 is 17.6 Å². The number of guanidine groups is 1. The van der Waals surface area contributed by atoms with E-state index in [-0.39, 0.29) is 12.1 Å². The Bertz CT molecular complexity index is 913. The lowest BCUT2D eigenvalue weighted by molar-refractivity contribution is 0.0207. The molecule has 1 amide bonds. The number of likely N-dealkylation sites (tertiary alicyclic amines) is 1. The van der Waals surface area contributed by atoms with E-state index in [0.29, 0.717) is 36.0 Å². The van der Waals surface area contributed by atoms with Gasteiger partial charge in [0.05, 0.1) is 17.4 Å². The van der Waals surface area contributed by atoms with Gasteiger partial charge in [-0.3, -0.25) is 4.98 Å². The molecular formula is C22H28N6O2. The fraction of sp³-hybridized carbons (Fsp3) is 0.455. The van der Waals surface area contributed by atoms with Crippen LogP contribution >= 0.6 is 0 Å². The summed E-state index contributed by atoms with van der Waals surface area (Å²) in [6.45, 7) is 8.73. The van der Waals surface area contributed by atoms with Crippen LogP contribution in [0.15, 0.2) is 46.9 Å². The van der Waals surface area contributed by atoms with Crippen molar-refractivity contribution in [3.8, 4) is 6.07 Å². The van der Waals surface area contributed by atoms with Crippen molar-refractivity contribution in [3.63, 3.8) is 0 Å². The molecule has 0 bridgehead atoms. The highest BCUT2D eigenvalue weighted by Crippen LogP contribution is 2.22. The van der Waals surface area contributed by atoms with Gasteiger partial charge in [0.1, 0.15) is 17.2 Å². The molecule has 1 aromatic heterocycles. The predicted molar refractivity (Wildman–Crippen MR) is 115 cm³/mol. The van der Waals surface area contributed by atoms with Crippen LogP contribution in [0.4, 0.5) is 4.79 Å². The van der Waals surface area contributed by atoms with Gasteiger partial charge in [-0.2, -0.15) is 5.26 Å². The van der Waals surface area contributed by atoms with Gasteiger partial charge in [-0.1, -0.05) is 6.07 Å². The number of nitrogens with zero attached hydrogens (tertiary/aromatic N) is 4. The SMILES string of the molecule is CC1=CNC(=NC2CCN(C(=O)OC(C)(C)C)CC2)N/C1=C(\C#N)c1ccccn1. The van der Waals surface area contributed by atoms with Gasteiger partial charge in [-0.25, -0.2) is 9.79 Å². The first-order chi connectivity index (χ1) is 14.3. The number of piperidine rings is 1. The van der Waals surface area contributed by atoms with E-state index >= 15 is 0 Å². The molecule has 8 heteroatoms. The zero-order valence-electron chi connectivity index (χ0n) is 17.9. The summed E-state index contributed by atoms with van der Waals surface area (Å²) < 4.78 is 5.45. The number of aromatic nitrogens is 1. The number of rotatable bonds is 2. The highest BCUT2D eigenvalue weighted by atomic mass is 16.6. The molecule has 0 spiro atoms. The maximum absolute atomic E-state index is 12.2. The maximum atomic E-state index is 12.2. The molecule has 30 heavy (non-hydrogen) atoms. The van der Waals surface area contributed by atoms with E-state index in [1.165, 1.54) is 0 Å². The van der Waals surface area contributed by atoms with E-state index in [2.05, 4.69) is 21.7 Å². The molecule has 1 aromatic rings. The zero-order chi connectivity index (χ0) is 21.7. The largest absolute Gasteiger partial charge is 0.444 e. The van der Waals surface area contributed by atoms with Crippen LogP contribution in [0.1, 0.15) is 46.2 Å². The Hall–Kier alpha value is -3.34. The van der Waals surface area contributed by atoms with Crippen LogP contribution in [-0.4, -0.2) is 46.7 Å². The van der Waals surface area contributed by atoms with Gasteiger partial charge >= 0.3 is 6.09 Å². The highest BCUT2D eigenvalue weighted by Gasteiger charge is 2.27. The Morgan fingerprint density at radius 1 is 1.33 bits per heavy atom. The number of aliphatic imine (C=N–C) groups is 1. The predicted octanol–water partition coefficient (Wildman–Crippen LogP) is 3.17. The molecule has 1 fully saturated rings. The van der Waals surface area contributed by atoms with E-state index in [4.69, 9.17) is 9.73 Å². The molecule has 2 aliphatic heterocycles. The van der Waals surface area contributed by atoms with Gasteiger partial charge in [-0.15, -0.1) is 0 Å². The molecule has 1 saturated heterocycles. The lowest BCUT2D eigenvalue weighted by atomic mass is 10.0. The first kappa shape index (κ1) is 21.4. The Morgan fingerprint density at radius 2 is 2.07 bits per heavy atom. The first-order valence-electron chi connectivity index (χ1n) is 10.1. The summed E-state index contributed by atoms with van der Waals surface area (Å²) in [7, 11) is 0. The third kappa shape index (κ3) is 5.38. The monoisotopic (exact) mass is 408 g/mol. The number of carbonyl (C=O) groups excluding carboxylic acids is 1. The minimum Gasteiger partial charge on any atom is -0.444 e. The fourth-order valence-corrected chi connectivity index (χ4v) is 3.27. The summed E-state index contributed by atoms with van der Waals surface area (Å²) in [6.07, 6.45) is 4.72. The van der Waals surface area contributed by atoms with Crippen molar-refractivity contribution in [2.45, 2.75) is 52.2 Å². The molecule has 0 unspecified atom stereocenters. The van der Waals surface area contributed by atoms with Crippen LogP contribution < -0.4 is 10.6 Å². The highest BCUT2D eigenvalue weighted by molar-refractivity contribution is 5.91. The average molecular weight is 409 g/mol. The van der Waals surface area contributed by atoms with Crippen LogP contribution in [0.5, 0.6) is 0 Å². The van der Waals surface area contributed by atoms with Gasteiger partial charge in [0.2, 0.25) is 0 Å². The zero-order valence-corrected chi connectivity index (χ0v) is 17.9. The number of nitrogens with one attached hydrogen (secondary N) is 2. The molecule has 2 aliphatic rings. The second-order valence-electron chi connectivity index (χ2n) is 8.35. The number of pyridine rings is 1. The van der Waals surface area contributed by atoms with E-state index in [1.54, 1.807) is 11.1 Å². The lowest BCUT2D eigenvalue weighted by Crippen LogP contribution is -2.44. The van der Waals surface area contributed by atoms with Crippen molar-refractivity contribution in [2.75, 3.05) is 13.1 Å². The summed E-state index contributed by atoms with van der Waals surface area (Å²) in [4.78, 5) is 23.0. The average Bonchev–Trinajstić information content (AvgIpc) is 2.71. The van der Waals surface area contributed by atoms with Gasteiger partial charge < -0.3 is 20.3 Å². The van der Waals surface area contributed by atoms with Crippen LogP contribution in [0, 0.1) is 11.3 Å². The normalized spacial score (nSPS) is 20.6. The Morgan fingerprint density at radius 3 is 2.67 bits per heavy atom. The van der Waals surface area contributed by atoms with Crippen LogP contribution in [0.25, 0.3) is 5.57 Å². The number of hydrogen-bond acceptors (Lipinski definition) is 5. The smallest absolute Gasteiger partial charge is 0.410 e. The molecule has 0 radical (unpaired) electrons. The van der Waals surface area contributed by atoms with Gasteiger partial charge in [0, 0.05) is 25.5 Å². The number of nitriles is 1. The van der Waals surface area contributed by atoms with Crippen molar-refractivity contribution in [1.82, 2.24) is 20.5 Å². The summed E-state index contributed by atoms with van der Waals surface area (Å²) >= 11 is 0. The summed E-state index contributed by atoms with van der Waals surface area (Å²) in [5.74, 6) is 0.593. The molecule has 158 valence electrons. The van der Waals surface area contributed by atoms with Crippen LogP contribution in [0.2, 0.25) is 0 Å². The number of ether oxygens (including phenoxy) is 1. The van der Waals surface area contributed by atoms with Gasteiger partial charge in [0.25, 0.3) is 0 Å². The Kier molecular flexibility index (Phi) is 6.40. The molecule has 0 aliphatic carbocycles. The number of hydrogen-bond donors (Lipinski definition) is 2. The molecule has 3 heterocycles. The molecule has 0 saturated carbocycles. The van der Waals surface area contributed by atoms with E-state index in [9.17, 15) is 10.1 Å². The molecule has 0 atom stereocenters. The van der Waals surface area contributed by atoms with Crippen LogP contribution in [-0.2, 0) is 4.74 Å². The van der Waals surface area contributed by atoms with Crippen molar-refractivity contribution < 1.29 is 9.53 Å². The Labute approximate surface area is 177 Å². The second kappa shape index (κ2) is 8.99. The molecule has 2 N–H and O–H groups in total. The number of allylic oxidation sites excluding steroid dienone is 2. The molecule has 0 aromatic carbocycles. The van der Waals surface area contributed by atoms with Gasteiger partial charge in [-0.05, 0) is 58.2 Å². The summed E-state index contributed by atoms with van der Waals surface area (Å²) in [5, 5.41) is 16.1. The fourth-order valence-electron chi connectivity index (χ4n) is 3.27. The summed E-state index contributed by atoms with van der Waals surface area (Å²) in [6, 6.07) is 7.81. The summed E-state index contributed by atoms with van der Waals surface area (Å²) in [5.41, 5.74) is 2.18. The van der Waals surface area contributed by atoms with E-state index in [1.807, 2.05) is 52.1 Å². The van der Waals surface area contributed by atoms with Gasteiger partial charge in [0.15, 0.2) is 5.96 Å². The van der Waals surface area contributed by atoms with Crippen molar-refractivity contribution in [1.29, 1.82) is 5.26 Å². The van der Waals surface area contributed by atoms with E-state index < -0.39 is 5.60 Å². The third-order valence-electron chi connectivity index (χ3n) is 4.77. The van der Waals surface area contributed by atoms with E-state index in [0.717, 1.165) is 18.4 Å². The maximum Gasteiger partial charge on any atom is 0.410 e. The minimum absolute atomic E-state index is 0.0760. The topological polar surface area (TPSA) is 103 Å². The molecular weight excluding hydrogens is 380 g/mol. The second-order valence-corrected chi connectivity index (χ2v) is 8.35. The number of carbonyl (C=O) groups is 1. The standard InChI is InChI=1S/C22H28N6O2/c1-15-14-25-20(27-19(15)17(13-23)18-7-5-6-10-24-18)26-16-8-11-28(12-9-16)21(29)30-22(2,3)4/h5-7,10,14,16H,8-9,11-12H2,1-4H3,(H2,25,26,27)/b19-17+. The Balaban J connectivity index is 1.69. The molecule has 8 nitrogen and oxygen atoms in total. The lowest BCUT2D eigenvalue weighted by Gasteiger charge is -2.32. The molecule has 3 rings (SSSR count).